The first kappa shape index (κ1) is 21.9. The molecule has 1 aromatic rings. The average molecular weight is 446 g/mol. The summed E-state index contributed by atoms with van der Waals surface area (Å²) in [5, 5.41) is 15.4. The smallest absolute Gasteiger partial charge is 0.194 e. The van der Waals surface area contributed by atoms with Crippen LogP contribution in [0.4, 0.5) is 0 Å². The highest BCUT2D eigenvalue weighted by atomic mass is 32.2. The van der Waals surface area contributed by atoms with Crippen molar-refractivity contribution in [1.29, 1.82) is 0 Å². The second-order valence-corrected chi connectivity index (χ2v) is 12.3. The summed E-state index contributed by atoms with van der Waals surface area (Å²) in [5.41, 5.74) is 0. The summed E-state index contributed by atoms with van der Waals surface area (Å²) in [7, 11) is -3.46. The lowest BCUT2D eigenvalue weighted by atomic mass is 9.87. The second-order valence-electron chi connectivity index (χ2n) is 7.58. The van der Waals surface area contributed by atoms with Crippen LogP contribution in [0, 0.1) is 0 Å². The number of thioether (sulfide) groups is 1. The Morgan fingerprint density at radius 1 is 1.39 bits per heavy atom. The van der Waals surface area contributed by atoms with Crippen molar-refractivity contribution in [1.82, 2.24) is 10.2 Å². The summed E-state index contributed by atoms with van der Waals surface area (Å²) in [5.74, 6) is 1.58. The van der Waals surface area contributed by atoms with Crippen LogP contribution in [0.5, 0.6) is 0 Å². The molecule has 1 unspecified atom stereocenters. The van der Waals surface area contributed by atoms with Crippen LogP contribution >= 0.6 is 23.1 Å². The first-order valence-electron chi connectivity index (χ1n) is 10.1. The molecule has 2 N–H and O–H groups in total. The summed E-state index contributed by atoms with van der Waals surface area (Å²) < 4.78 is 25.3. The van der Waals surface area contributed by atoms with Gasteiger partial charge in [0.1, 0.15) is 4.21 Å². The third-order valence-electron chi connectivity index (χ3n) is 5.31. The highest BCUT2D eigenvalue weighted by molar-refractivity contribution is 8.00. The minimum Gasteiger partial charge on any atom is -0.390 e. The van der Waals surface area contributed by atoms with Crippen molar-refractivity contribution in [2.24, 2.45) is 4.99 Å². The Bertz CT molecular complexity index is 738. The van der Waals surface area contributed by atoms with E-state index >= 15 is 0 Å². The fourth-order valence-electron chi connectivity index (χ4n) is 3.97. The lowest BCUT2D eigenvalue weighted by molar-refractivity contribution is 0.205. The zero-order chi connectivity index (χ0) is 20.0. The molecule has 0 amide bonds. The third-order valence-corrected chi connectivity index (χ3v) is 10.1. The molecule has 0 radical (unpaired) electrons. The Kier molecular flexibility index (Phi) is 7.69. The van der Waals surface area contributed by atoms with E-state index < -0.39 is 15.9 Å². The van der Waals surface area contributed by atoms with E-state index in [0.717, 1.165) is 31.3 Å². The fourth-order valence-corrected chi connectivity index (χ4v) is 8.01. The van der Waals surface area contributed by atoms with Crippen molar-refractivity contribution in [3.8, 4) is 0 Å². The predicted octanol–water partition coefficient (Wildman–Crippen LogP) is 2.60. The van der Waals surface area contributed by atoms with Gasteiger partial charge in [0.25, 0.3) is 0 Å². The summed E-state index contributed by atoms with van der Waals surface area (Å²) >= 11 is 3.29. The molecule has 1 saturated heterocycles. The lowest BCUT2D eigenvalue weighted by Gasteiger charge is -2.45. The maximum absolute atomic E-state index is 12.4. The Morgan fingerprint density at radius 2 is 2.18 bits per heavy atom. The van der Waals surface area contributed by atoms with Gasteiger partial charge >= 0.3 is 0 Å². The molecule has 1 saturated carbocycles. The summed E-state index contributed by atoms with van der Waals surface area (Å²) in [4.78, 5) is 6.89. The second kappa shape index (κ2) is 9.82. The molecule has 1 aromatic heterocycles. The van der Waals surface area contributed by atoms with Crippen LogP contribution in [0.2, 0.25) is 0 Å². The molecule has 28 heavy (non-hydrogen) atoms. The normalized spacial score (nSPS) is 21.6. The van der Waals surface area contributed by atoms with Crippen LogP contribution in [0.15, 0.2) is 26.7 Å². The highest BCUT2D eigenvalue weighted by Crippen LogP contribution is 2.42. The van der Waals surface area contributed by atoms with E-state index in [2.05, 4.69) is 27.0 Å². The first-order valence-corrected chi connectivity index (χ1v) is 13.6. The van der Waals surface area contributed by atoms with Gasteiger partial charge < -0.3 is 15.3 Å². The molecule has 1 aliphatic carbocycles. The van der Waals surface area contributed by atoms with Gasteiger partial charge in [-0.05, 0) is 31.2 Å². The van der Waals surface area contributed by atoms with Gasteiger partial charge in [-0.1, -0.05) is 25.3 Å². The molecule has 3 rings (SSSR count). The van der Waals surface area contributed by atoms with Crippen LogP contribution in [0.25, 0.3) is 0 Å². The number of aliphatic hydroxyl groups excluding tert-OH is 1. The number of guanidine groups is 1. The molecule has 9 heteroatoms. The number of nitrogens with one attached hydrogen (secondary N) is 1. The fraction of sp³-hybridized carbons (Fsp3) is 0.737. The van der Waals surface area contributed by atoms with E-state index in [4.69, 9.17) is 0 Å². The van der Waals surface area contributed by atoms with Gasteiger partial charge in [0.2, 0.25) is 0 Å². The van der Waals surface area contributed by atoms with Gasteiger partial charge in [0.15, 0.2) is 15.8 Å². The van der Waals surface area contributed by atoms with E-state index in [-0.39, 0.29) is 12.3 Å². The van der Waals surface area contributed by atoms with E-state index in [1.54, 1.807) is 17.5 Å². The third kappa shape index (κ3) is 5.64. The molecule has 2 aliphatic rings. The van der Waals surface area contributed by atoms with Crippen molar-refractivity contribution in [2.45, 2.75) is 54.1 Å². The maximum atomic E-state index is 12.4. The number of rotatable bonds is 6. The largest absolute Gasteiger partial charge is 0.390 e. The van der Waals surface area contributed by atoms with Crippen LogP contribution in [0.1, 0.15) is 39.0 Å². The number of sulfone groups is 1. The molecule has 1 atom stereocenters. The van der Waals surface area contributed by atoms with E-state index in [9.17, 15) is 13.5 Å². The number of hydrogen-bond donors (Lipinski definition) is 2. The molecule has 0 bridgehead atoms. The zero-order valence-corrected chi connectivity index (χ0v) is 18.9. The van der Waals surface area contributed by atoms with Crippen LogP contribution in [-0.2, 0) is 9.84 Å². The number of nitrogens with zero attached hydrogens (tertiary/aromatic N) is 2. The molecule has 0 aromatic carbocycles. The lowest BCUT2D eigenvalue weighted by Crippen LogP contribution is -2.53. The molecular formula is C19H31N3O3S3. The highest BCUT2D eigenvalue weighted by Gasteiger charge is 2.38. The van der Waals surface area contributed by atoms with Gasteiger partial charge in [-0.15, -0.1) is 11.3 Å². The minimum atomic E-state index is -3.46. The topological polar surface area (TPSA) is 82.0 Å². The number of aliphatic imine (C=N–C) groups is 1. The minimum absolute atomic E-state index is 0.0869. The molecular weight excluding hydrogens is 414 g/mol. The Balaban J connectivity index is 1.63. The summed E-state index contributed by atoms with van der Waals surface area (Å²) in [6.07, 6.45) is 5.44. The number of hydrogen-bond acceptors (Lipinski definition) is 6. The Labute approximate surface area is 176 Å². The van der Waals surface area contributed by atoms with Crippen molar-refractivity contribution in [3.05, 3.63) is 17.5 Å². The van der Waals surface area contributed by atoms with E-state index in [1.165, 1.54) is 43.4 Å². The molecule has 158 valence electrons. The van der Waals surface area contributed by atoms with Crippen molar-refractivity contribution in [2.75, 3.05) is 37.7 Å². The summed E-state index contributed by atoms with van der Waals surface area (Å²) in [6, 6.07) is 3.29. The SMILES string of the molecule is CCNC(=NCC(O)CS(=O)(=O)c1cccs1)N1CCSC2(CCCCC2)C1. The van der Waals surface area contributed by atoms with Crippen molar-refractivity contribution >= 4 is 38.9 Å². The van der Waals surface area contributed by atoms with E-state index in [0.29, 0.717) is 8.96 Å². The van der Waals surface area contributed by atoms with Gasteiger partial charge in [-0.25, -0.2) is 8.42 Å². The molecule has 2 fully saturated rings. The predicted molar refractivity (Wildman–Crippen MR) is 118 cm³/mol. The number of aliphatic hydroxyl groups is 1. The molecule has 1 aliphatic heterocycles. The summed E-state index contributed by atoms with van der Waals surface area (Å²) in [6.45, 7) is 4.78. The molecule has 1 spiro atoms. The van der Waals surface area contributed by atoms with Crippen LogP contribution in [0.3, 0.4) is 0 Å². The van der Waals surface area contributed by atoms with Crippen LogP contribution in [-0.4, -0.2) is 72.9 Å². The van der Waals surface area contributed by atoms with Crippen molar-refractivity contribution in [3.63, 3.8) is 0 Å². The van der Waals surface area contributed by atoms with Gasteiger partial charge in [0.05, 0.1) is 18.4 Å². The quantitative estimate of drug-likeness (QED) is 0.517. The van der Waals surface area contributed by atoms with Crippen molar-refractivity contribution < 1.29 is 13.5 Å². The van der Waals surface area contributed by atoms with Gasteiger partial charge in [-0.3, -0.25) is 4.99 Å². The Morgan fingerprint density at radius 3 is 2.86 bits per heavy atom. The molecule has 6 nitrogen and oxygen atoms in total. The average Bonchev–Trinajstić information content (AvgIpc) is 3.21. The first-order chi connectivity index (χ1) is 13.4. The maximum Gasteiger partial charge on any atom is 0.194 e. The zero-order valence-electron chi connectivity index (χ0n) is 16.5. The van der Waals surface area contributed by atoms with E-state index in [1.807, 2.05) is 6.92 Å². The van der Waals surface area contributed by atoms with Crippen LogP contribution < -0.4 is 5.32 Å². The Hall–Kier alpha value is -0.770. The van der Waals surface area contributed by atoms with Gasteiger partial charge in [0, 0.05) is 30.1 Å². The van der Waals surface area contributed by atoms with Gasteiger partial charge in [-0.2, -0.15) is 11.8 Å². The molecule has 2 heterocycles. The monoisotopic (exact) mass is 445 g/mol. The number of thiophene rings is 1. The standard InChI is InChI=1S/C19H31N3O3S3/c1-2-20-18(22-10-12-27-19(15-22)8-4-3-5-9-19)21-13-16(23)14-28(24,25)17-7-6-11-26-17/h6-7,11,16,23H,2-5,8-10,12-15H2,1H3,(H,20,21).